The van der Waals surface area contributed by atoms with E-state index in [2.05, 4.69) is 10.6 Å². The van der Waals surface area contributed by atoms with Gasteiger partial charge in [0.1, 0.15) is 12.4 Å². The van der Waals surface area contributed by atoms with Crippen LogP contribution in [0.3, 0.4) is 0 Å². The van der Waals surface area contributed by atoms with E-state index in [1.54, 1.807) is 36.4 Å². The third-order valence-electron chi connectivity index (χ3n) is 5.93. The van der Waals surface area contributed by atoms with Crippen LogP contribution in [0.2, 0.25) is 0 Å². The van der Waals surface area contributed by atoms with Gasteiger partial charge >= 0.3 is 0 Å². The van der Waals surface area contributed by atoms with Crippen molar-refractivity contribution in [3.63, 3.8) is 0 Å². The van der Waals surface area contributed by atoms with E-state index in [1.165, 1.54) is 17.0 Å². The summed E-state index contributed by atoms with van der Waals surface area (Å²) in [5.41, 5.74) is 4.77. The van der Waals surface area contributed by atoms with Crippen molar-refractivity contribution in [2.45, 2.75) is 13.5 Å². The Balaban J connectivity index is 1.43. The van der Waals surface area contributed by atoms with Crippen molar-refractivity contribution in [3.05, 3.63) is 126 Å². The lowest BCUT2D eigenvalue weighted by atomic mass is 10.0. The van der Waals surface area contributed by atoms with Gasteiger partial charge in [-0.25, -0.2) is 4.39 Å². The Labute approximate surface area is 221 Å². The zero-order valence-electron chi connectivity index (χ0n) is 21.0. The number of nitrogens with one attached hydrogen (secondary N) is 2. The number of benzene rings is 4. The molecule has 4 aromatic carbocycles. The second kappa shape index (κ2) is 12.5. The van der Waals surface area contributed by atoms with Crippen molar-refractivity contribution < 1.29 is 18.8 Å². The number of anilines is 1. The first-order valence-electron chi connectivity index (χ1n) is 12.2. The fourth-order valence-corrected chi connectivity index (χ4v) is 3.88. The van der Waals surface area contributed by atoms with Gasteiger partial charge in [0.25, 0.3) is 5.91 Å². The predicted octanol–water partition coefficient (Wildman–Crippen LogP) is 5.20. The Hall–Kier alpha value is -4.78. The number of carbonyl (C=O) groups excluding carboxylic acids is 3. The molecular weight excluding hydrogens is 481 g/mol. The van der Waals surface area contributed by atoms with E-state index in [1.807, 2.05) is 61.5 Å². The minimum atomic E-state index is -0.486. The second-order valence-electron chi connectivity index (χ2n) is 8.92. The molecule has 0 aromatic heterocycles. The van der Waals surface area contributed by atoms with Crippen molar-refractivity contribution in [3.8, 4) is 11.1 Å². The molecule has 0 fully saturated rings. The molecule has 0 atom stereocenters. The lowest BCUT2D eigenvalue weighted by molar-refractivity contribution is -0.124. The van der Waals surface area contributed by atoms with Crippen LogP contribution in [-0.4, -0.2) is 35.7 Å². The molecule has 3 amide bonds. The summed E-state index contributed by atoms with van der Waals surface area (Å²) in [5.74, 6) is -1.61. The fraction of sp³-hybridized carbons (Fsp3) is 0.129. The molecule has 38 heavy (non-hydrogen) atoms. The van der Waals surface area contributed by atoms with Crippen LogP contribution in [0.25, 0.3) is 11.1 Å². The van der Waals surface area contributed by atoms with Gasteiger partial charge in [0.2, 0.25) is 11.8 Å². The van der Waals surface area contributed by atoms with Gasteiger partial charge in [-0.2, -0.15) is 0 Å². The van der Waals surface area contributed by atoms with Crippen molar-refractivity contribution in [2.24, 2.45) is 0 Å². The molecule has 0 radical (unpaired) electrons. The third-order valence-corrected chi connectivity index (χ3v) is 5.93. The van der Waals surface area contributed by atoms with E-state index >= 15 is 0 Å². The number of halogens is 1. The largest absolute Gasteiger partial charge is 0.345 e. The molecular formula is C31H28FN3O3. The summed E-state index contributed by atoms with van der Waals surface area (Å²) in [4.78, 5) is 39.8. The smallest absolute Gasteiger partial charge is 0.254 e. The molecule has 0 aliphatic rings. The molecule has 7 heteroatoms. The summed E-state index contributed by atoms with van der Waals surface area (Å²) >= 11 is 0. The molecule has 4 rings (SSSR count). The molecule has 0 heterocycles. The van der Waals surface area contributed by atoms with Crippen LogP contribution in [0, 0.1) is 12.7 Å². The lowest BCUT2D eigenvalue weighted by Crippen LogP contribution is -2.42. The zero-order chi connectivity index (χ0) is 26.9. The minimum absolute atomic E-state index is 0.0997. The number of carbonyl (C=O) groups is 3. The summed E-state index contributed by atoms with van der Waals surface area (Å²) in [6.07, 6.45) is 0. The molecule has 0 saturated carbocycles. The maximum absolute atomic E-state index is 13.4. The maximum atomic E-state index is 13.4. The Morgan fingerprint density at radius 1 is 0.737 bits per heavy atom. The van der Waals surface area contributed by atoms with E-state index in [0.29, 0.717) is 16.8 Å². The summed E-state index contributed by atoms with van der Waals surface area (Å²) in [7, 11) is 0. The van der Waals surface area contributed by atoms with Gasteiger partial charge in [-0.05, 0) is 60.0 Å². The van der Waals surface area contributed by atoms with Gasteiger partial charge in [-0.3, -0.25) is 14.4 Å². The Bertz CT molecular complexity index is 1390. The Kier molecular flexibility index (Phi) is 8.61. The van der Waals surface area contributed by atoms with Crippen LogP contribution in [0.15, 0.2) is 103 Å². The van der Waals surface area contributed by atoms with E-state index in [-0.39, 0.29) is 37.3 Å². The van der Waals surface area contributed by atoms with Crippen molar-refractivity contribution in [1.82, 2.24) is 10.2 Å². The third kappa shape index (κ3) is 7.36. The molecule has 0 bridgehead atoms. The minimum Gasteiger partial charge on any atom is -0.345 e. The molecule has 0 aliphatic heterocycles. The van der Waals surface area contributed by atoms with Crippen molar-refractivity contribution in [1.29, 1.82) is 0 Å². The van der Waals surface area contributed by atoms with Gasteiger partial charge in [0.05, 0.1) is 6.54 Å². The number of hydrogen-bond acceptors (Lipinski definition) is 3. The summed E-state index contributed by atoms with van der Waals surface area (Å²) in [6.45, 7) is 1.54. The predicted molar refractivity (Wildman–Crippen MR) is 146 cm³/mol. The lowest BCUT2D eigenvalue weighted by Gasteiger charge is -2.23. The first-order chi connectivity index (χ1) is 18.4. The highest BCUT2D eigenvalue weighted by Crippen LogP contribution is 2.20. The SMILES string of the molecule is Cc1ccc(NC(=O)CNC(=O)CN(Cc2ccc(F)cc2)C(=O)c2ccc(-c3ccccc3)cc2)cc1. The standard InChI is InChI=1S/C31H28FN3O3/c1-22-7-17-28(18-8-22)34-29(36)19-33-30(37)21-35(20-23-9-15-27(32)16-10-23)31(38)26-13-11-25(12-14-26)24-5-3-2-4-6-24/h2-18H,19-21H2,1H3,(H,33,37)(H,34,36). The van der Waals surface area contributed by atoms with Gasteiger partial charge in [-0.15, -0.1) is 0 Å². The first-order valence-corrected chi connectivity index (χ1v) is 12.2. The van der Waals surface area contributed by atoms with Crippen molar-refractivity contribution >= 4 is 23.4 Å². The van der Waals surface area contributed by atoms with E-state index in [4.69, 9.17) is 0 Å². The van der Waals surface area contributed by atoms with Gasteiger partial charge in [0, 0.05) is 17.8 Å². The molecule has 0 spiro atoms. The summed E-state index contributed by atoms with van der Waals surface area (Å²) < 4.78 is 13.4. The number of nitrogens with zero attached hydrogens (tertiary/aromatic N) is 1. The number of rotatable bonds is 9. The number of hydrogen-bond donors (Lipinski definition) is 2. The number of amides is 3. The summed E-state index contributed by atoms with van der Waals surface area (Å²) in [6, 6.07) is 30.0. The van der Waals surface area contributed by atoms with Crippen LogP contribution >= 0.6 is 0 Å². The average Bonchev–Trinajstić information content (AvgIpc) is 2.94. The van der Waals surface area contributed by atoms with Gasteiger partial charge < -0.3 is 15.5 Å². The molecule has 192 valence electrons. The Morgan fingerprint density at radius 3 is 2.03 bits per heavy atom. The Morgan fingerprint density at radius 2 is 1.37 bits per heavy atom. The van der Waals surface area contributed by atoms with Crippen LogP contribution in [-0.2, 0) is 16.1 Å². The molecule has 2 N–H and O–H groups in total. The van der Waals surface area contributed by atoms with Crippen LogP contribution in [0.5, 0.6) is 0 Å². The molecule has 6 nitrogen and oxygen atoms in total. The molecule has 0 saturated heterocycles. The molecule has 0 unspecified atom stereocenters. The maximum Gasteiger partial charge on any atom is 0.254 e. The van der Waals surface area contributed by atoms with Crippen molar-refractivity contribution in [2.75, 3.05) is 18.4 Å². The van der Waals surface area contributed by atoms with Gasteiger partial charge in [-0.1, -0.05) is 72.3 Å². The highest BCUT2D eigenvalue weighted by atomic mass is 19.1. The average molecular weight is 510 g/mol. The second-order valence-corrected chi connectivity index (χ2v) is 8.92. The van der Waals surface area contributed by atoms with E-state index in [9.17, 15) is 18.8 Å². The molecule has 0 aliphatic carbocycles. The van der Waals surface area contributed by atoms with Crippen LogP contribution < -0.4 is 10.6 Å². The quantitative estimate of drug-likeness (QED) is 0.326. The monoisotopic (exact) mass is 509 g/mol. The molecule has 4 aromatic rings. The van der Waals surface area contributed by atoms with E-state index in [0.717, 1.165) is 16.7 Å². The summed E-state index contributed by atoms with van der Waals surface area (Å²) in [5, 5.41) is 5.29. The zero-order valence-corrected chi connectivity index (χ0v) is 21.0. The van der Waals surface area contributed by atoms with Gasteiger partial charge in [0.15, 0.2) is 0 Å². The highest BCUT2D eigenvalue weighted by Gasteiger charge is 2.20. The topological polar surface area (TPSA) is 78.5 Å². The normalized spacial score (nSPS) is 10.5. The van der Waals surface area contributed by atoms with E-state index < -0.39 is 5.91 Å². The highest BCUT2D eigenvalue weighted by molar-refractivity contribution is 5.98. The van der Waals surface area contributed by atoms with Crippen LogP contribution in [0.4, 0.5) is 10.1 Å². The number of aryl methyl sites for hydroxylation is 1. The fourth-order valence-electron chi connectivity index (χ4n) is 3.88. The first kappa shape index (κ1) is 26.3. The van der Waals surface area contributed by atoms with Crippen LogP contribution in [0.1, 0.15) is 21.5 Å².